The molecule has 2 rings (SSSR count). The SMILES string of the molecule is CC(C)(C)c1cc(NC(=O)N[C@H](CCO)c2ccccc2)no1. The lowest BCUT2D eigenvalue weighted by molar-refractivity contribution is 0.239. The molecule has 0 radical (unpaired) electrons. The molecule has 0 fully saturated rings. The number of hydrogen-bond donors (Lipinski definition) is 3. The number of aliphatic hydroxyl groups is 1. The van der Waals surface area contributed by atoms with Crippen molar-refractivity contribution in [3.8, 4) is 0 Å². The minimum Gasteiger partial charge on any atom is -0.396 e. The minimum absolute atomic E-state index is 0.0159. The summed E-state index contributed by atoms with van der Waals surface area (Å²) in [5.41, 5.74) is 0.764. The predicted octanol–water partition coefficient (Wildman–Crippen LogP) is 3.22. The van der Waals surface area contributed by atoms with Gasteiger partial charge in [0, 0.05) is 18.1 Å². The molecular weight excluding hydrogens is 294 g/mol. The lowest BCUT2D eigenvalue weighted by atomic mass is 9.93. The van der Waals surface area contributed by atoms with E-state index in [0.29, 0.717) is 18.0 Å². The van der Waals surface area contributed by atoms with Crippen LogP contribution in [0.1, 0.15) is 44.6 Å². The first-order valence-corrected chi connectivity index (χ1v) is 7.60. The van der Waals surface area contributed by atoms with Gasteiger partial charge in [0.15, 0.2) is 5.82 Å². The van der Waals surface area contributed by atoms with Crippen LogP contribution in [0.25, 0.3) is 0 Å². The number of urea groups is 1. The highest BCUT2D eigenvalue weighted by Crippen LogP contribution is 2.24. The fourth-order valence-electron chi connectivity index (χ4n) is 2.13. The Balaban J connectivity index is 2.01. The van der Waals surface area contributed by atoms with Gasteiger partial charge in [0.1, 0.15) is 5.76 Å². The Bertz CT molecular complexity index is 632. The van der Waals surface area contributed by atoms with Gasteiger partial charge in [-0.2, -0.15) is 0 Å². The standard InChI is InChI=1S/C17H23N3O3/c1-17(2,3)14-11-15(20-23-14)19-16(22)18-13(9-10-21)12-7-5-4-6-8-12/h4-8,11,13,21H,9-10H2,1-3H3,(H2,18,19,20,22)/t13-/m1/s1. The maximum Gasteiger partial charge on any atom is 0.320 e. The molecule has 2 aromatic rings. The number of carbonyl (C=O) groups is 1. The van der Waals surface area contributed by atoms with Crippen LogP contribution in [-0.4, -0.2) is 22.9 Å². The molecule has 0 saturated carbocycles. The molecule has 124 valence electrons. The molecule has 1 heterocycles. The number of benzene rings is 1. The van der Waals surface area contributed by atoms with Crippen molar-refractivity contribution in [3.05, 3.63) is 47.7 Å². The highest BCUT2D eigenvalue weighted by atomic mass is 16.5. The number of nitrogens with zero attached hydrogens (tertiary/aromatic N) is 1. The van der Waals surface area contributed by atoms with Gasteiger partial charge < -0.3 is 14.9 Å². The van der Waals surface area contributed by atoms with Crippen LogP contribution >= 0.6 is 0 Å². The second-order valence-corrected chi connectivity index (χ2v) is 6.40. The third kappa shape index (κ3) is 4.82. The van der Waals surface area contributed by atoms with Gasteiger partial charge in [0.25, 0.3) is 0 Å². The Hall–Kier alpha value is -2.34. The first-order chi connectivity index (χ1) is 10.9. The van der Waals surface area contributed by atoms with E-state index in [2.05, 4.69) is 15.8 Å². The quantitative estimate of drug-likeness (QED) is 0.790. The monoisotopic (exact) mass is 317 g/mol. The van der Waals surface area contributed by atoms with Crippen molar-refractivity contribution in [3.63, 3.8) is 0 Å². The van der Waals surface area contributed by atoms with Crippen molar-refractivity contribution in [1.29, 1.82) is 0 Å². The summed E-state index contributed by atoms with van der Waals surface area (Å²) in [4.78, 5) is 12.1. The summed E-state index contributed by atoms with van der Waals surface area (Å²) in [6.07, 6.45) is 0.434. The molecule has 2 amide bonds. The molecular formula is C17H23N3O3. The van der Waals surface area contributed by atoms with Gasteiger partial charge in [-0.1, -0.05) is 56.3 Å². The zero-order valence-electron chi connectivity index (χ0n) is 13.7. The Morgan fingerprint density at radius 1 is 1.30 bits per heavy atom. The van der Waals surface area contributed by atoms with E-state index in [4.69, 9.17) is 4.52 Å². The number of anilines is 1. The Kier molecular flexibility index (Phi) is 5.39. The van der Waals surface area contributed by atoms with Gasteiger partial charge in [0.2, 0.25) is 0 Å². The zero-order valence-corrected chi connectivity index (χ0v) is 13.7. The van der Waals surface area contributed by atoms with Crippen LogP contribution in [0.2, 0.25) is 0 Å². The van der Waals surface area contributed by atoms with E-state index >= 15 is 0 Å². The van der Waals surface area contributed by atoms with Crippen molar-refractivity contribution in [2.45, 2.75) is 38.6 Å². The molecule has 6 nitrogen and oxygen atoms in total. The molecule has 0 spiro atoms. The second-order valence-electron chi connectivity index (χ2n) is 6.40. The minimum atomic E-state index is -0.388. The van der Waals surface area contributed by atoms with E-state index < -0.39 is 0 Å². The second kappa shape index (κ2) is 7.28. The molecule has 1 aromatic carbocycles. The number of carbonyl (C=O) groups excluding carboxylic acids is 1. The fraction of sp³-hybridized carbons (Fsp3) is 0.412. The fourth-order valence-corrected chi connectivity index (χ4v) is 2.13. The Morgan fingerprint density at radius 2 is 2.00 bits per heavy atom. The molecule has 23 heavy (non-hydrogen) atoms. The third-order valence-electron chi connectivity index (χ3n) is 3.42. The molecule has 3 N–H and O–H groups in total. The summed E-state index contributed by atoms with van der Waals surface area (Å²) >= 11 is 0. The normalized spacial score (nSPS) is 12.7. The van der Waals surface area contributed by atoms with Crippen molar-refractivity contribution in [2.24, 2.45) is 0 Å². The summed E-state index contributed by atoms with van der Waals surface area (Å²) in [5.74, 6) is 1.06. The Labute approximate surface area is 135 Å². The first-order valence-electron chi connectivity index (χ1n) is 7.60. The summed E-state index contributed by atoms with van der Waals surface area (Å²) in [6, 6.07) is 10.6. The van der Waals surface area contributed by atoms with E-state index in [9.17, 15) is 9.90 Å². The van der Waals surface area contributed by atoms with Gasteiger partial charge >= 0.3 is 6.03 Å². The topological polar surface area (TPSA) is 87.4 Å². The summed E-state index contributed by atoms with van der Waals surface area (Å²) in [6.45, 7) is 6.00. The van der Waals surface area contributed by atoms with E-state index in [1.54, 1.807) is 6.07 Å². The van der Waals surface area contributed by atoms with Crippen molar-refractivity contribution < 1.29 is 14.4 Å². The number of nitrogens with one attached hydrogen (secondary N) is 2. The van der Waals surface area contributed by atoms with Gasteiger partial charge in [-0.05, 0) is 12.0 Å². The van der Waals surface area contributed by atoms with Gasteiger partial charge in [0.05, 0.1) is 6.04 Å². The molecule has 1 aromatic heterocycles. The highest BCUT2D eigenvalue weighted by molar-refractivity contribution is 5.88. The van der Waals surface area contributed by atoms with E-state index in [0.717, 1.165) is 5.56 Å². The van der Waals surface area contributed by atoms with Crippen LogP contribution in [0, 0.1) is 0 Å². The van der Waals surface area contributed by atoms with Crippen LogP contribution in [-0.2, 0) is 5.41 Å². The van der Waals surface area contributed by atoms with Crippen LogP contribution < -0.4 is 10.6 Å². The molecule has 0 aliphatic heterocycles. The van der Waals surface area contributed by atoms with E-state index in [1.165, 1.54) is 0 Å². The number of rotatable bonds is 5. The third-order valence-corrected chi connectivity index (χ3v) is 3.42. The Morgan fingerprint density at radius 3 is 2.57 bits per heavy atom. The molecule has 0 unspecified atom stereocenters. The molecule has 0 bridgehead atoms. The van der Waals surface area contributed by atoms with Crippen molar-refractivity contribution >= 4 is 11.8 Å². The lowest BCUT2D eigenvalue weighted by Crippen LogP contribution is -2.33. The summed E-state index contributed by atoms with van der Waals surface area (Å²) < 4.78 is 5.23. The largest absolute Gasteiger partial charge is 0.396 e. The van der Waals surface area contributed by atoms with Crippen LogP contribution in [0.4, 0.5) is 10.6 Å². The first kappa shape index (κ1) is 17.0. The number of aromatic nitrogens is 1. The smallest absolute Gasteiger partial charge is 0.320 e. The van der Waals surface area contributed by atoms with Gasteiger partial charge in [-0.15, -0.1) is 0 Å². The molecule has 0 aliphatic rings. The number of amides is 2. The van der Waals surface area contributed by atoms with E-state index in [1.807, 2.05) is 51.1 Å². The summed E-state index contributed by atoms with van der Waals surface area (Å²) in [5, 5.41) is 18.5. The molecule has 0 saturated heterocycles. The van der Waals surface area contributed by atoms with Crippen molar-refractivity contribution in [1.82, 2.24) is 10.5 Å². The van der Waals surface area contributed by atoms with Crippen molar-refractivity contribution in [2.75, 3.05) is 11.9 Å². The summed E-state index contributed by atoms with van der Waals surface area (Å²) in [7, 11) is 0. The molecule has 0 aliphatic carbocycles. The maximum atomic E-state index is 12.1. The van der Waals surface area contributed by atoms with Crippen LogP contribution in [0.3, 0.4) is 0 Å². The number of aliphatic hydroxyl groups excluding tert-OH is 1. The lowest BCUT2D eigenvalue weighted by Gasteiger charge is -2.18. The highest BCUT2D eigenvalue weighted by Gasteiger charge is 2.21. The van der Waals surface area contributed by atoms with Crippen LogP contribution in [0.15, 0.2) is 40.9 Å². The zero-order chi connectivity index (χ0) is 16.9. The predicted molar refractivity (Wildman–Crippen MR) is 88.2 cm³/mol. The molecule has 1 atom stereocenters. The molecule has 6 heteroatoms. The maximum absolute atomic E-state index is 12.1. The van der Waals surface area contributed by atoms with Gasteiger partial charge in [-0.25, -0.2) is 4.79 Å². The van der Waals surface area contributed by atoms with Gasteiger partial charge in [-0.3, -0.25) is 5.32 Å². The average molecular weight is 317 g/mol. The van der Waals surface area contributed by atoms with E-state index in [-0.39, 0.29) is 24.1 Å². The number of hydrogen-bond acceptors (Lipinski definition) is 4. The van der Waals surface area contributed by atoms with Crippen LogP contribution in [0.5, 0.6) is 0 Å². The average Bonchev–Trinajstić information content (AvgIpc) is 2.96.